The highest BCUT2D eigenvalue weighted by atomic mass is 32.2. The molecule has 0 aliphatic carbocycles. The lowest BCUT2D eigenvalue weighted by Gasteiger charge is -2.22. The van der Waals surface area contributed by atoms with Crippen LogP contribution in [0.1, 0.15) is 50.7 Å². The molecule has 2 heterocycles. The number of hydrogen-bond donors (Lipinski definition) is 2. The summed E-state index contributed by atoms with van der Waals surface area (Å²) in [7, 11) is -2.74. The number of carbonyl (C=O) groups is 1. The minimum atomic E-state index is -2.74. The van der Waals surface area contributed by atoms with Crippen molar-refractivity contribution in [2.45, 2.75) is 50.8 Å². The van der Waals surface area contributed by atoms with Crippen molar-refractivity contribution in [1.82, 2.24) is 4.90 Å². The van der Waals surface area contributed by atoms with Crippen molar-refractivity contribution in [1.29, 1.82) is 4.78 Å². The average Bonchev–Trinajstić information content (AvgIpc) is 2.95. The van der Waals surface area contributed by atoms with Crippen LogP contribution in [0.25, 0.3) is 17.2 Å². The Hall–Kier alpha value is -2.93. The summed E-state index contributed by atoms with van der Waals surface area (Å²) >= 11 is 0. The second-order valence-corrected chi connectivity index (χ2v) is 11.0. The van der Waals surface area contributed by atoms with Gasteiger partial charge in [0.15, 0.2) is 0 Å². The Labute approximate surface area is 196 Å². The number of rotatable bonds is 6. The third kappa shape index (κ3) is 4.88. The summed E-state index contributed by atoms with van der Waals surface area (Å²) in [6.07, 6.45) is 5.72. The highest BCUT2D eigenvalue weighted by Crippen LogP contribution is 2.35. The number of carbonyl (C=O) groups excluding carboxylic acids is 1. The van der Waals surface area contributed by atoms with Gasteiger partial charge in [-0.1, -0.05) is 38.1 Å². The lowest BCUT2D eigenvalue weighted by Crippen LogP contribution is -2.34. The summed E-state index contributed by atoms with van der Waals surface area (Å²) in [5.41, 5.74) is 11.3. The van der Waals surface area contributed by atoms with E-state index in [9.17, 15) is 9.00 Å². The largest absolute Gasteiger partial charge is 0.387 e. The van der Waals surface area contributed by atoms with Gasteiger partial charge in [-0.05, 0) is 60.6 Å². The maximum atomic E-state index is 13.2. The number of aryl methyl sites for hydroxylation is 1. The third-order valence-electron chi connectivity index (χ3n) is 6.18. The van der Waals surface area contributed by atoms with E-state index in [1.165, 1.54) is 0 Å². The lowest BCUT2D eigenvalue weighted by atomic mass is 9.99. The zero-order valence-electron chi connectivity index (χ0n) is 19.4. The number of nitrogens with zero attached hydrogens (tertiary/aromatic N) is 2. The van der Waals surface area contributed by atoms with E-state index in [2.05, 4.69) is 18.8 Å². The first-order chi connectivity index (χ1) is 15.8. The molecular weight excluding hydrogens is 432 g/mol. The zero-order chi connectivity index (χ0) is 23.6. The third-order valence-corrected chi connectivity index (χ3v) is 8.13. The van der Waals surface area contributed by atoms with Crippen molar-refractivity contribution in [2.24, 2.45) is 10.7 Å². The first-order valence-corrected chi connectivity index (χ1v) is 13.4. The van der Waals surface area contributed by atoms with Crippen LogP contribution in [0.3, 0.4) is 0 Å². The van der Waals surface area contributed by atoms with Crippen LogP contribution in [0.5, 0.6) is 0 Å². The Balaban J connectivity index is 1.71. The molecule has 1 amide bonds. The van der Waals surface area contributed by atoms with Crippen LogP contribution >= 0.6 is 0 Å². The van der Waals surface area contributed by atoms with Gasteiger partial charge in [0.25, 0.3) is 0 Å². The normalized spacial score (nSPS) is 19.6. The second-order valence-electron chi connectivity index (χ2n) is 8.82. The average molecular weight is 465 g/mol. The topological polar surface area (TPSA) is 99.6 Å². The minimum absolute atomic E-state index is 0.0219. The van der Waals surface area contributed by atoms with Gasteiger partial charge >= 0.3 is 0 Å². The Kier molecular flexibility index (Phi) is 6.70. The first-order valence-electron chi connectivity index (χ1n) is 11.7. The van der Waals surface area contributed by atoms with Crippen LogP contribution in [-0.4, -0.2) is 39.7 Å². The van der Waals surface area contributed by atoms with Crippen LogP contribution in [0.4, 0.5) is 5.69 Å². The number of hydrogen-bond acceptors (Lipinski definition) is 5. The molecule has 4 rings (SSSR count). The molecule has 33 heavy (non-hydrogen) atoms. The van der Waals surface area contributed by atoms with Gasteiger partial charge in [0, 0.05) is 36.4 Å². The van der Waals surface area contributed by atoms with E-state index in [0.29, 0.717) is 28.5 Å². The minimum Gasteiger partial charge on any atom is -0.387 e. The number of aliphatic imine (C=N–C) groups is 1. The molecule has 2 aliphatic heterocycles. The molecule has 2 aromatic carbocycles. The second kappa shape index (κ2) is 9.51. The van der Waals surface area contributed by atoms with Gasteiger partial charge in [0.05, 0.1) is 20.3 Å². The summed E-state index contributed by atoms with van der Waals surface area (Å²) in [6, 6.07) is 11.8. The predicted molar refractivity (Wildman–Crippen MR) is 135 cm³/mol. The van der Waals surface area contributed by atoms with Crippen molar-refractivity contribution >= 4 is 33.2 Å². The van der Waals surface area contributed by atoms with E-state index < -0.39 is 9.73 Å². The predicted octanol–water partition coefficient (Wildman–Crippen LogP) is 5.13. The molecule has 2 aliphatic rings. The van der Waals surface area contributed by atoms with Crippen LogP contribution in [0.2, 0.25) is 0 Å². The molecule has 0 spiro atoms. The van der Waals surface area contributed by atoms with E-state index >= 15 is 0 Å². The Morgan fingerprint density at radius 2 is 1.82 bits per heavy atom. The molecular formula is C26H32N4O2S. The molecule has 0 saturated carbocycles. The zero-order valence-corrected chi connectivity index (χ0v) is 20.2. The molecule has 0 saturated heterocycles. The molecule has 0 aromatic heterocycles. The molecule has 7 heteroatoms. The Morgan fingerprint density at radius 1 is 1.12 bits per heavy atom. The van der Waals surface area contributed by atoms with Crippen molar-refractivity contribution in [3.8, 4) is 11.1 Å². The number of benzene rings is 2. The summed E-state index contributed by atoms with van der Waals surface area (Å²) < 4.78 is 21.0. The number of amidine groups is 1. The quantitative estimate of drug-likeness (QED) is 0.620. The van der Waals surface area contributed by atoms with Crippen LogP contribution in [0, 0.1) is 4.78 Å². The SMILES string of the molecule is CCCN(CCC)C(=O)C1=Cc2ccc(-c3ccc4c(c3)[S@](=N)(=O)CCC4)cc2N=C(N)C1. The fourth-order valence-electron chi connectivity index (χ4n) is 4.59. The lowest BCUT2D eigenvalue weighted by molar-refractivity contribution is -0.127. The summed E-state index contributed by atoms with van der Waals surface area (Å²) in [5.74, 6) is 0.857. The molecule has 6 nitrogen and oxygen atoms in total. The van der Waals surface area contributed by atoms with E-state index in [1.54, 1.807) is 0 Å². The van der Waals surface area contributed by atoms with Crippen LogP contribution in [-0.2, 0) is 20.9 Å². The highest BCUT2D eigenvalue weighted by Gasteiger charge is 2.23. The van der Waals surface area contributed by atoms with Gasteiger partial charge < -0.3 is 10.6 Å². The number of nitrogens with two attached hydrogens (primary N) is 1. The van der Waals surface area contributed by atoms with Gasteiger partial charge in [-0.15, -0.1) is 0 Å². The molecule has 0 fully saturated rings. The highest BCUT2D eigenvalue weighted by molar-refractivity contribution is 7.92. The fraction of sp³-hybridized carbons (Fsp3) is 0.385. The van der Waals surface area contributed by atoms with Gasteiger partial charge in [-0.25, -0.2) is 14.0 Å². The van der Waals surface area contributed by atoms with Gasteiger partial charge in [-0.3, -0.25) is 4.79 Å². The van der Waals surface area contributed by atoms with E-state index in [0.717, 1.165) is 66.7 Å². The van der Waals surface area contributed by atoms with Gasteiger partial charge in [0.1, 0.15) is 5.84 Å². The first kappa shape index (κ1) is 23.2. The monoisotopic (exact) mass is 464 g/mol. The van der Waals surface area contributed by atoms with Crippen molar-refractivity contribution in [3.63, 3.8) is 0 Å². The van der Waals surface area contributed by atoms with E-state index in [-0.39, 0.29) is 5.91 Å². The number of amides is 1. The molecule has 2 aromatic rings. The van der Waals surface area contributed by atoms with E-state index in [4.69, 9.17) is 10.5 Å². The molecule has 0 unspecified atom stereocenters. The number of fused-ring (bicyclic) bond motifs is 2. The fourth-order valence-corrected chi connectivity index (χ4v) is 6.27. The maximum absolute atomic E-state index is 13.2. The van der Waals surface area contributed by atoms with Crippen molar-refractivity contribution in [2.75, 3.05) is 18.8 Å². The van der Waals surface area contributed by atoms with Gasteiger partial charge in [0.2, 0.25) is 5.91 Å². The molecule has 174 valence electrons. The summed E-state index contributed by atoms with van der Waals surface area (Å²) in [4.78, 5) is 20.3. The van der Waals surface area contributed by atoms with Crippen molar-refractivity contribution < 1.29 is 9.00 Å². The van der Waals surface area contributed by atoms with Crippen molar-refractivity contribution in [3.05, 3.63) is 53.1 Å². The molecule has 1 atom stereocenters. The summed E-state index contributed by atoms with van der Waals surface area (Å²) in [5, 5.41) is 0. The van der Waals surface area contributed by atoms with E-state index in [1.807, 2.05) is 47.4 Å². The Morgan fingerprint density at radius 3 is 2.55 bits per heavy atom. The Bertz CT molecular complexity index is 1240. The molecule has 0 bridgehead atoms. The molecule has 3 N–H and O–H groups in total. The maximum Gasteiger partial charge on any atom is 0.250 e. The number of nitrogens with one attached hydrogen (secondary N) is 1. The van der Waals surface area contributed by atoms with Crippen LogP contribution in [0.15, 0.2) is 51.9 Å². The summed E-state index contributed by atoms with van der Waals surface area (Å²) in [6.45, 7) is 5.60. The standard InChI is InChI=1S/C26H32N4O2S/c1-3-11-30(12-4-2)26(31)22-14-21-10-9-19(15-23(21)29-25(27)17-22)20-8-7-18-6-5-13-33(28,32)24(18)16-20/h7-10,14-16,28H,3-6,11-13,17H2,1-2H3,(H2,27,29)/t33-/m1/s1. The van der Waals surface area contributed by atoms with Gasteiger partial charge in [-0.2, -0.15) is 0 Å². The smallest absolute Gasteiger partial charge is 0.250 e. The van der Waals surface area contributed by atoms with Crippen LogP contribution < -0.4 is 5.73 Å². The molecule has 0 radical (unpaired) electrons.